The summed E-state index contributed by atoms with van der Waals surface area (Å²) in [5.41, 5.74) is 6.19. The van der Waals surface area contributed by atoms with E-state index < -0.39 is 0 Å². The van der Waals surface area contributed by atoms with Crippen LogP contribution in [0.4, 0.5) is 5.69 Å². The van der Waals surface area contributed by atoms with Gasteiger partial charge in [-0.25, -0.2) is 0 Å². The number of anilines is 1. The van der Waals surface area contributed by atoms with Gasteiger partial charge in [-0.3, -0.25) is 19.4 Å². The van der Waals surface area contributed by atoms with Gasteiger partial charge in [-0.1, -0.05) is 6.07 Å². The smallest absolute Gasteiger partial charge is 0.248 e. The van der Waals surface area contributed by atoms with E-state index in [4.69, 9.17) is 4.74 Å². The van der Waals surface area contributed by atoms with Gasteiger partial charge in [-0.2, -0.15) is 5.10 Å². The summed E-state index contributed by atoms with van der Waals surface area (Å²) in [5, 5.41) is 7.46. The van der Waals surface area contributed by atoms with Gasteiger partial charge in [0.25, 0.3) is 0 Å². The van der Waals surface area contributed by atoms with E-state index >= 15 is 0 Å². The van der Waals surface area contributed by atoms with Crippen LogP contribution in [0, 0.1) is 6.92 Å². The average Bonchev–Trinajstić information content (AvgIpc) is 3.57. The number of hydrogen-bond donors (Lipinski definition) is 1. The number of aromatic nitrogens is 3. The normalized spacial score (nSPS) is 16.9. The predicted octanol–water partition coefficient (Wildman–Crippen LogP) is 4.07. The Labute approximate surface area is 194 Å². The van der Waals surface area contributed by atoms with Crippen molar-refractivity contribution in [2.45, 2.75) is 32.4 Å². The van der Waals surface area contributed by atoms with E-state index in [1.54, 1.807) is 18.5 Å². The summed E-state index contributed by atoms with van der Waals surface area (Å²) < 4.78 is 7.46. The third kappa shape index (κ3) is 5.38. The second-order valence-electron chi connectivity index (χ2n) is 8.76. The molecule has 0 unspecified atom stereocenters. The number of rotatable bonds is 7. The van der Waals surface area contributed by atoms with Crippen molar-refractivity contribution >= 4 is 17.7 Å². The van der Waals surface area contributed by atoms with Crippen LogP contribution in [0.25, 0.3) is 17.2 Å². The first-order valence-electron chi connectivity index (χ1n) is 11.5. The van der Waals surface area contributed by atoms with Gasteiger partial charge in [0.2, 0.25) is 5.91 Å². The summed E-state index contributed by atoms with van der Waals surface area (Å²) in [5.74, 6) is -0.168. The number of carbonyl (C=O) groups is 1. The number of carbonyl (C=O) groups excluding carboxylic acids is 1. The maximum Gasteiger partial charge on any atom is 0.248 e. The number of amides is 1. The number of nitrogens with one attached hydrogen (secondary N) is 1. The van der Waals surface area contributed by atoms with Gasteiger partial charge >= 0.3 is 0 Å². The molecule has 2 fully saturated rings. The molecule has 1 amide bonds. The number of aryl methyl sites for hydroxylation is 1. The minimum Gasteiger partial charge on any atom is -0.379 e. The van der Waals surface area contributed by atoms with Crippen molar-refractivity contribution < 1.29 is 9.53 Å². The van der Waals surface area contributed by atoms with Crippen molar-refractivity contribution in [3.63, 3.8) is 0 Å². The lowest BCUT2D eigenvalue weighted by Gasteiger charge is -2.27. The number of pyridine rings is 1. The highest BCUT2D eigenvalue weighted by Gasteiger charge is 2.24. The first-order valence-corrected chi connectivity index (χ1v) is 11.5. The first-order chi connectivity index (χ1) is 16.2. The molecule has 1 aliphatic heterocycles. The molecule has 1 saturated heterocycles. The van der Waals surface area contributed by atoms with E-state index in [9.17, 15) is 4.79 Å². The number of ether oxygens (including phenoxy) is 1. The first kappa shape index (κ1) is 21.6. The van der Waals surface area contributed by atoms with E-state index in [-0.39, 0.29) is 5.91 Å². The van der Waals surface area contributed by atoms with Gasteiger partial charge in [-0.15, -0.1) is 0 Å². The molecule has 1 aromatic carbocycles. The molecule has 7 nitrogen and oxygen atoms in total. The average molecular weight is 444 g/mol. The van der Waals surface area contributed by atoms with Gasteiger partial charge in [0.05, 0.1) is 25.5 Å². The number of benzene rings is 1. The summed E-state index contributed by atoms with van der Waals surface area (Å²) in [6.07, 6.45) is 13.3. The maximum absolute atomic E-state index is 12.6. The molecule has 2 aliphatic rings. The molecule has 170 valence electrons. The molecule has 2 aromatic heterocycles. The summed E-state index contributed by atoms with van der Waals surface area (Å²) in [6, 6.07) is 8.59. The van der Waals surface area contributed by atoms with Crippen molar-refractivity contribution in [1.29, 1.82) is 0 Å². The van der Waals surface area contributed by atoms with Gasteiger partial charge in [0.1, 0.15) is 0 Å². The van der Waals surface area contributed by atoms with Crippen LogP contribution in [0.15, 0.2) is 55.1 Å². The molecule has 1 aliphatic carbocycles. The molecule has 3 heterocycles. The molecule has 1 N–H and O–H groups in total. The Morgan fingerprint density at radius 3 is 2.85 bits per heavy atom. The third-order valence-corrected chi connectivity index (χ3v) is 6.21. The lowest BCUT2D eigenvalue weighted by atomic mass is 10.0. The SMILES string of the molecule is Cc1cc(NC(=O)/C=C/c2cnccc2-c2cnn(C3CC3)c2)ccc1CN1CCOCC1. The maximum atomic E-state index is 12.6. The second-order valence-corrected chi connectivity index (χ2v) is 8.76. The monoisotopic (exact) mass is 443 g/mol. The number of hydrogen-bond acceptors (Lipinski definition) is 5. The molecule has 5 rings (SSSR count). The van der Waals surface area contributed by atoms with Crippen LogP contribution in [0.5, 0.6) is 0 Å². The topological polar surface area (TPSA) is 72.3 Å². The molecule has 1 saturated carbocycles. The number of nitrogens with zero attached hydrogens (tertiary/aromatic N) is 4. The molecule has 33 heavy (non-hydrogen) atoms. The lowest BCUT2D eigenvalue weighted by molar-refractivity contribution is -0.111. The zero-order valence-electron chi connectivity index (χ0n) is 18.9. The van der Waals surface area contributed by atoms with Gasteiger partial charge in [-0.05, 0) is 60.7 Å². The molecule has 0 atom stereocenters. The van der Waals surface area contributed by atoms with E-state index in [0.717, 1.165) is 55.2 Å². The Hall–Kier alpha value is -3.29. The Kier molecular flexibility index (Phi) is 6.32. The molecule has 7 heteroatoms. The Morgan fingerprint density at radius 2 is 2.06 bits per heavy atom. The van der Waals surface area contributed by atoms with E-state index in [1.807, 2.05) is 35.2 Å². The van der Waals surface area contributed by atoms with Gasteiger partial charge in [0.15, 0.2) is 0 Å². The zero-order valence-corrected chi connectivity index (χ0v) is 18.9. The van der Waals surface area contributed by atoms with Crippen molar-refractivity contribution in [1.82, 2.24) is 19.7 Å². The predicted molar refractivity (Wildman–Crippen MR) is 129 cm³/mol. The van der Waals surface area contributed by atoms with Gasteiger partial charge < -0.3 is 10.1 Å². The van der Waals surface area contributed by atoms with E-state index in [2.05, 4.69) is 39.5 Å². The van der Waals surface area contributed by atoms with Crippen LogP contribution >= 0.6 is 0 Å². The van der Waals surface area contributed by atoms with Crippen molar-refractivity contribution in [2.75, 3.05) is 31.6 Å². The van der Waals surface area contributed by atoms with Crippen LogP contribution in [-0.4, -0.2) is 51.9 Å². The van der Waals surface area contributed by atoms with Crippen LogP contribution in [0.2, 0.25) is 0 Å². The third-order valence-electron chi connectivity index (χ3n) is 6.21. The van der Waals surface area contributed by atoms with Crippen LogP contribution in [0.3, 0.4) is 0 Å². The Morgan fingerprint density at radius 1 is 1.21 bits per heavy atom. The fraction of sp³-hybridized carbons (Fsp3) is 0.346. The summed E-state index contributed by atoms with van der Waals surface area (Å²) >= 11 is 0. The highest BCUT2D eigenvalue weighted by atomic mass is 16.5. The lowest BCUT2D eigenvalue weighted by Crippen LogP contribution is -2.35. The van der Waals surface area contributed by atoms with Crippen LogP contribution in [-0.2, 0) is 16.1 Å². The quantitative estimate of drug-likeness (QED) is 0.557. The minimum absolute atomic E-state index is 0.168. The Balaban J connectivity index is 1.24. The molecular weight excluding hydrogens is 414 g/mol. The van der Waals surface area contributed by atoms with E-state index in [1.165, 1.54) is 24.0 Å². The summed E-state index contributed by atoms with van der Waals surface area (Å²) in [7, 11) is 0. The van der Waals surface area contributed by atoms with Crippen LogP contribution < -0.4 is 5.32 Å². The van der Waals surface area contributed by atoms with Crippen LogP contribution in [0.1, 0.15) is 35.6 Å². The van der Waals surface area contributed by atoms with Crippen molar-refractivity contribution in [3.8, 4) is 11.1 Å². The molecule has 0 spiro atoms. The fourth-order valence-corrected chi connectivity index (χ4v) is 4.12. The largest absolute Gasteiger partial charge is 0.379 e. The standard InChI is InChI=1S/C26H29N5O2/c1-19-14-23(4-2-21(19)17-30-10-12-33-13-11-30)29-26(32)7-3-20-15-27-9-8-25(20)22-16-28-31(18-22)24-5-6-24/h2-4,7-9,14-16,18,24H,5-6,10-13,17H2,1H3,(H,29,32)/b7-3+. The molecule has 0 radical (unpaired) electrons. The summed E-state index contributed by atoms with van der Waals surface area (Å²) in [6.45, 7) is 6.50. The molecule has 3 aromatic rings. The molecular formula is C26H29N5O2. The highest BCUT2D eigenvalue weighted by molar-refractivity contribution is 6.02. The summed E-state index contributed by atoms with van der Waals surface area (Å²) in [4.78, 5) is 19.2. The fourth-order valence-electron chi connectivity index (χ4n) is 4.12. The minimum atomic E-state index is -0.168. The van der Waals surface area contributed by atoms with E-state index in [0.29, 0.717) is 6.04 Å². The zero-order chi connectivity index (χ0) is 22.6. The van der Waals surface area contributed by atoms with Crippen molar-refractivity contribution in [3.05, 3.63) is 71.8 Å². The van der Waals surface area contributed by atoms with Gasteiger partial charge in [0, 0.05) is 61.1 Å². The molecule has 0 bridgehead atoms. The highest BCUT2D eigenvalue weighted by Crippen LogP contribution is 2.35. The second kappa shape index (κ2) is 9.68. The number of morpholine rings is 1. The van der Waals surface area contributed by atoms with Crippen molar-refractivity contribution in [2.24, 2.45) is 0 Å². The Bertz CT molecular complexity index is 1160.